The molecule has 0 amide bonds. The first-order chi connectivity index (χ1) is 7.68. The third-order valence-electron chi connectivity index (χ3n) is 2.94. The van der Waals surface area contributed by atoms with Gasteiger partial charge in [-0.15, -0.1) is 0 Å². The largest absolute Gasteiger partial charge is 0.354 e. The molecule has 88 valence electrons. The maximum Gasteiger partial charge on any atom is 0.143 e. The van der Waals surface area contributed by atoms with Crippen molar-refractivity contribution in [2.24, 2.45) is 0 Å². The lowest BCUT2D eigenvalue weighted by atomic mass is 10.1. The highest BCUT2D eigenvalue weighted by atomic mass is 79.9. The molecule has 1 aromatic rings. The van der Waals surface area contributed by atoms with E-state index in [1.165, 1.54) is 12.8 Å². The first-order valence-electron chi connectivity index (χ1n) is 5.43. The summed E-state index contributed by atoms with van der Waals surface area (Å²) in [4.78, 5) is 6.59. The summed E-state index contributed by atoms with van der Waals surface area (Å²) in [6.07, 6.45) is 4.12. The van der Waals surface area contributed by atoms with Crippen molar-refractivity contribution in [3.63, 3.8) is 0 Å². The number of piperidine rings is 1. The molecule has 2 rings (SSSR count). The SMILES string of the molecule is CN(c1ncc(Cl)cc1Br)C1CCCNC1. The smallest absolute Gasteiger partial charge is 0.143 e. The molecule has 1 saturated heterocycles. The van der Waals surface area contributed by atoms with Gasteiger partial charge in [-0.25, -0.2) is 4.98 Å². The van der Waals surface area contributed by atoms with Crippen LogP contribution in [-0.4, -0.2) is 31.2 Å². The van der Waals surface area contributed by atoms with Crippen molar-refractivity contribution >= 4 is 33.3 Å². The molecule has 0 bridgehead atoms. The average Bonchev–Trinajstić information content (AvgIpc) is 2.29. The summed E-state index contributed by atoms with van der Waals surface area (Å²) >= 11 is 9.39. The molecule has 1 aromatic heterocycles. The Morgan fingerprint density at radius 2 is 2.44 bits per heavy atom. The van der Waals surface area contributed by atoms with E-state index in [0.717, 1.165) is 23.4 Å². The minimum atomic E-state index is 0.513. The summed E-state index contributed by atoms with van der Waals surface area (Å²) < 4.78 is 0.952. The number of halogens is 2. The van der Waals surface area contributed by atoms with Crippen molar-refractivity contribution in [3.05, 3.63) is 21.8 Å². The highest BCUT2D eigenvalue weighted by Crippen LogP contribution is 2.27. The molecule has 1 aliphatic rings. The summed E-state index contributed by atoms with van der Waals surface area (Å²) in [5, 5.41) is 4.06. The van der Waals surface area contributed by atoms with E-state index in [1.54, 1.807) is 6.20 Å². The summed E-state index contributed by atoms with van der Waals surface area (Å²) in [5.41, 5.74) is 0. The standard InChI is InChI=1S/C11H15BrClN3/c1-16(9-3-2-4-14-7-9)11-10(12)5-8(13)6-15-11/h5-6,9,14H,2-4,7H2,1H3. The molecule has 0 aromatic carbocycles. The topological polar surface area (TPSA) is 28.2 Å². The van der Waals surface area contributed by atoms with Crippen LogP contribution in [0.2, 0.25) is 5.02 Å². The van der Waals surface area contributed by atoms with Crippen molar-refractivity contribution in [2.75, 3.05) is 25.0 Å². The molecule has 1 N–H and O–H groups in total. The van der Waals surface area contributed by atoms with Crippen LogP contribution in [0.3, 0.4) is 0 Å². The van der Waals surface area contributed by atoms with Crippen molar-refractivity contribution in [3.8, 4) is 0 Å². The number of rotatable bonds is 2. The van der Waals surface area contributed by atoms with Gasteiger partial charge in [0, 0.05) is 25.8 Å². The minimum Gasteiger partial charge on any atom is -0.354 e. The number of likely N-dealkylation sites (N-methyl/N-ethyl adjacent to an activating group) is 1. The molecule has 5 heteroatoms. The van der Waals surface area contributed by atoms with Crippen molar-refractivity contribution < 1.29 is 0 Å². The first kappa shape index (κ1) is 12.1. The summed E-state index contributed by atoms with van der Waals surface area (Å²) in [7, 11) is 2.08. The lowest BCUT2D eigenvalue weighted by molar-refractivity contribution is 0.443. The van der Waals surface area contributed by atoms with Gasteiger partial charge in [-0.1, -0.05) is 11.6 Å². The van der Waals surface area contributed by atoms with E-state index in [4.69, 9.17) is 11.6 Å². The van der Waals surface area contributed by atoms with Gasteiger partial charge in [0.1, 0.15) is 5.82 Å². The Labute approximate surface area is 109 Å². The van der Waals surface area contributed by atoms with Crippen LogP contribution < -0.4 is 10.2 Å². The number of aromatic nitrogens is 1. The fraction of sp³-hybridized carbons (Fsp3) is 0.545. The number of pyridine rings is 1. The molecular weight excluding hydrogens is 289 g/mol. The molecule has 0 spiro atoms. The Morgan fingerprint density at radius 1 is 1.62 bits per heavy atom. The summed E-state index contributed by atoms with van der Waals surface area (Å²) in [5.74, 6) is 0.957. The zero-order valence-corrected chi connectivity index (χ0v) is 11.6. The van der Waals surface area contributed by atoms with Gasteiger partial charge in [0.05, 0.1) is 9.50 Å². The van der Waals surface area contributed by atoms with E-state index in [1.807, 2.05) is 6.07 Å². The quantitative estimate of drug-likeness (QED) is 0.910. The highest BCUT2D eigenvalue weighted by Gasteiger charge is 2.20. The van der Waals surface area contributed by atoms with E-state index in [9.17, 15) is 0 Å². The van der Waals surface area contributed by atoms with E-state index in [0.29, 0.717) is 11.1 Å². The fourth-order valence-electron chi connectivity index (χ4n) is 2.00. The van der Waals surface area contributed by atoms with Crippen LogP contribution >= 0.6 is 27.5 Å². The van der Waals surface area contributed by atoms with E-state index in [2.05, 4.69) is 38.2 Å². The van der Waals surface area contributed by atoms with Gasteiger partial charge < -0.3 is 10.2 Å². The molecule has 16 heavy (non-hydrogen) atoms. The molecule has 1 fully saturated rings. The third kappa shape index (κ3) is 2.67. The van der Waals surface area contributed by atoms with Crippen LogP contribution in [0.4, 0.5) is 5.82 Å². The molecule has 1 atom stereocenters. The monoisotopic (exact) mass is 303 g/mol. The number of anilines is 1. The summed E-state index contributed by atoms with van der Waals surface area (Å²) in [6, 6.07) is 2.40. The maximum absolute atomic E-state index is 5.88. The lowest BCUT2D eigenvalue weighted by Gasteiger charge is -2.33. The van der Waals surface area contributed by atoms with Crippen LogP contribution in [0.25, 0.3) is 0 Å². The predicted molar refractivity (Wildman–Crippen MR) is 71.2 cm³/mol. The number of nitrogens with zero attached hydrogens (tertiary/aromatic N) is 2. The molecule has 1 aliphatic heterocycles. The Kier molecular flexibility index (Phi) is 4.05. The van der Waals surface area contributed by atoms with Gasteiger partial charge in [-0.05, 0) is 41.4 Å². The van der Waals surface area contributed by atoms with Crippen LogP contribution in [0, 0.1) is 0 Å². The van der Waals surface area contributed by atoms with E-state index < -0.39 is 0 Å². The van der Waals surface area contributed by atoms with E-state index >= 15 is 0 Å². The van der Waals surface area contributed by atoms with Gasteiger partial charge in [-0.3, -0.25) is 0 Å². The second-order valence-electron chi connectivity index (χ2n) is 4.07. The van der Waals surface area contributed by atoms with Gasteiger partial charge in [0.25, 0.3) is 0 Å². The van der Waals surface area contributed by atoms with Crippen LogP contribution in [0.1, 0.15) is 12.8 Å². The van der Waals surface area contributed by atoms with Gasteiger partial charge in [0.15, 0.2) is 0 Å². The Balaban J connectivity index is 2.15. The van der Waals surface area contributed by atoms with Crippen molar-refractivity contribution in [1.29, 1.82) is 0 Å². The average molecular weight is 305 g/mol. The molecule has 3 nitrogen and oxygen atoms in total. The van der Waals surface area contributed by atoms with Crippen LogP contribution in [-0.2, 0) is 0 Å². The van der Waals surface area contributed by atoms with Gasteiger partial charge in [-0.2, -0.15) is 0 Å². The second-order valence-corrected chi connectivity index (χ2v) is 5.36. The Bertz CT molecular complexity index is 366. The number of hydrogen-bond donors (Lipinski definition) is 1. The molecule has 0 radical (unpaired) electrons. The molecule has 1 unspecified atom stereocenters. The van der Waals surface area contributed by atoms with Crippen LogP contribution in [0.15, 0.2) is 16.7 Å². The van der Waals surface area contributed by atoms with E-state index in [-0.39, 0.29) is 0 Å². The van der Waals surface area contributed by atoms with Gasteiger partial charge in [0.2, 0.25) is 0 Å². The number of hydrogen-bond acceptors (Lipinski definition) is 3. The number of nitrogens with one attached hydrogen (secondary N) is 1. The summed E-state index contributed by atoms with van der Waals surface area (Å²) in [6.45, 7) is 2.15. The molecule has 2 heterocycles. The van der Waals surface area contributed by atoms with Crippen molar-refractivity contribution in [2.45, 2.75) is 18.9 Å². The zero-order valence-electron chi connectivity index (χ0n) is 9.21. The van der Waals surface area contributed by atoms with Gasteiger partial charge >= 0.3 is 0 Å². The normalized spacial score (nSPS) is 20.8. The molecular formula is C11H15BrClN3. The zero-order chi connectivity index (χ0) is 11.5. The Hall–Kier alpha value is -0.320. The van der Waals surface area contributed by atoms with Crippen LogP contribution in [0.5, 0.6) is 0 Å². The second kappa shape index (κ2) is 5.34. The Morgan fingerprint density at radius 3 is 3.06 bits per heavy atom. The molecule has 0 aliphatic carbocycles. The minimum absolute atomic E-state index is 0.513. The highest BCUT2D eigenvalue weighted by molar-refractivity contribution is 9.10. The maximum atomic E-state index is 5.88. The predicted octanol–water partition coefficient (Wildman–Crippen LogP) is 2.69. The first-order valence-corrected chi connectivity index (χ1v) is 6.60. The fourth-order valence-corrected chi connectivity index (χ4v) is 2.92. The lowest BCUT2D eigenvalue weighted by Crippen LogP contribution is -2.44. The van der Waals surface area contributed by atoms with Crippen molar-refractivity contribution in [1.82, 2.24) is 10.3 Å². The third-order valence-corrected chi connectivity index (χ3v) is 3.73. The molecule has 0 saturated carbocycles.